The molecule has 0 atom stereocenters. The molecule has 0 aromatic carbocycles. The lowest BCUT2D eigenvalue weighted by Crippen LogP contribution is -2.44. The summed E-state index contributed by atoms with van der Waals surface area (Å²) in [6, 6.07) is 4.36. The largest absolute Gasteiger partial charge is 0.467 e. The molecule has 0 aliphatic heterocycles. The number of hydrogen-bond acceptors (Lipinski definition) is 2. The Hall–Kier alpha value is -1.03. The Labute approximate surface area is 127 Å². The molecule has 112 valence electrons. The van der Waals surface area contributed by atoms with E-state index < -0.39 is 0 Å². The van der Waals surface area contributed by atoms with Crippen molar-refractivity contribution in [1.82, 2.24) is 10.6 Å². The van der Waals surface area contributed by atoms with E-state index in [9.17, 15) is 0 Å². The van der Waals surface area contributed by atoms with Crippen molar-refractivity contribution in [2.75, 3.05) is 0 Å². The second-order valence-corrected chi connectivity index (χ2v) is 7.23. The van der Waals surface area contributed by atoms with Crippen LogP contribution in [0.5, 0.6) is 0 Å². The van der Waals surface area contributed by atoms with E-state index in [0.29, 0.717) is 18.0 Å². The van der Waals surface area contributed by atoms with Crippen LogP contribution in [0.1, 0.15) is 52.2 Å². The topological polar surface area (TPSA) is 37.2 Å². The lowest BCUT2D eigenvalue weighted by Gasteiger charge is -2.37. The van der Waals surface area contributed by atoms with Crippen LogP contribution in [0.3, 0.4) is 0 Å². The van der Waals surface area contributed by atoms with Crippen molar-refractivity contribution in [2.24, 2.45) is 11.3 Å². The predicted molar refractivity (Wildman–Crippen MR) is 86.5 cm³/mol. The van der Waals surface area contributed by atoms with Gasteiger partial charge in [0.05, 0.1) is 12.8 Å². The van der Waals surface area contributed by atoms with Crippen molar-refractivity contribution < 1.29 is 4.42 Å². The molecule has 0 unspecified atom stereocenters. The van der Waals surface area contributed by atoms with Crippen LogP contribution in [-0.2, 0) is 6.54 Å². The van der Waals surface area contributed by atoms with Crippen molar-refractivity contribution in [3.8, 4) is 0 Å². The summed E-state index contributed by atoms with van der Waals surface area (Å²) < 4.78 is 5.28. The van der Waals surface area contributed by atoms with Gasteiger partial charge >= 0.3 is 0 Å². The molecule has 1 saturated carbocycles. The molecule has 1 aromatic heterocycles. The standard InChI is InChI=1S/C16H26N2OS/c1-16(2,3)12-6-8-13(9-7-12)18-15(20)17-11-14-5-4-10-19-14/h4-5,10,12-13H,6-9,11H2,1-3H3,(H2,17,18,20). The number of rotatable bonds is 3. The molecule has 0 radical (unpaired) electrons. The van der Waals surface area contributed by atoms with Crippen LogP contribution in [0.25, 0.3) is 0 Å². The monoisotopic (exact) mass is 294 g/mol. The Morgan fingerprint density at radius 2 is 2.00 bits per heavy atom. The first kappa shape index (κ1) is 15.4. The molecule has 1 aliphatic rings. The molecule has 4 heteroatoms. The van der Waals surface area contributed by atoms with Gasteiger partial charge in [-0.3, -0.25) is 0 Å². The van der Waals surface area contributed by atoms with Crippen molar-refractivity contribution in [3.05, 3.63) is 24.2 Å². The highest BCUT2D eigenvalue weighted by molar-refractivity contribution is 7.80. The summed E-state index contributed by atoms with van der Waals surface area (Å²) in [5.74, 6) is 1.75. The maximum absolute atomic E-state index is 5.35. The number of thiocarbonyl (C=S) groups is 1. The lowest BCUT2D eigenvalue weighted by molar-refractivity contribution is 0.165. The molecule has 0 saturated heterocycles. The Morgan fingerprint density at radius 3 is 2.55 bits per heavy atom. The van der Waals surface area contributed by atoms with Crippen LogP contribution in [0.4, 0.5) is 0 Å². The van der Waals surface area contributed by atoms with Crippen LogP contribution >= 0.6 is 12.2 Å². The molecule has 2 rings (SSSR count). The third-order valence-corrected chi connectivity index (χ3v) is 4.55. The fourth-order valence-corrected chi connectivity index (χ4v) is 3.16. The molecule has 0 bridgehead atoms. The minimum atomic E-state index is 0.434. The minimum absolute atomic E-state index is 0.434. The minimum Gasteiger partial charge on any atom is -0.467 e. The molecular weight excluding hydrogens is 268 g/mol. The molecule has 20 heavy (non-hydrogen) atoms. The quantitative estimate of drug-likeness (QED) is 0.830. The highest BCUT2D eigenvalue weighted by Crippen LogP contribution is 2.37. The summed E-state index contributed by atoms with van der Waals surface area (Å²) in [6.07, 6.45) is 6.69. The van der Waals surface area contributed by atoms with E-state index in [4.69, 9.17) is 16.6 Å². The van der Waals surface area contributed by atoms with Crippen molar-refractivity contribution >= 4 is 17.3 Å². The molecule has 1 aliphatic carbocycles. The zero-order valence-electron chi connectivity index (χ0n) is 12.7. The number of hydrogen-bond donors (Lipinski definition) is 2. The molecule has 3 nitrogen and oxygen atoms in total. The third kappa shape index (κ3) is 4.51. The molecule has 2 N–H and O–H groups in total. The van der Waals surface area contributed by atoms with E-state index in [1.165, 1.54) is 25.7 Å². The van der Waals surface area contributed by atoms with Crippen LogP contribution in [0, 0.1) is 11.3 Å². The Morgan fingerprint density at radius 1 is 1.30 bits per heavy atom. The summed E-state index contributed by atoms with van der Waals surface area (Å²) in [4.78, 5) is 0. The first-order valence-corrected chi connectivity index (χ1v) is 7.92. The Kier molecular flexibility index (Phi) is 5.08. The van der Waals surface area contributed by atoms with E-state index in [1.54, 1.807) is 6.26 Å². The SMILES string of the molecule is CC(C)(C)C1CCC(NC(=S)NCc2ccco2)CC1. The molecule has 1 heterocycles. The van der Waals surface area contributed by atoms with E-state index in [1.807, 2.05) is 12.1 Å². The second kappa shape index (κ2) is 6.61. The Bertz CT molecular complexity index is 414. The highest BCUT2D eigenvalue weighted by Gasteiger charge is 2.29. The summed E-state index contributed by atoms with van der Waals surface area (Å²) in [7, 11) is 0. The maximum atomic E-state index is 5.35. The molecule has 0 amide bonds. The van der Waals surface area contributed by atoms with Gasteiger partial charge in [-0.1, -0.05) is 20.8 Å². The fraction of sp³-hybridized carbons (Fsp3) is 0.688. The van der Waals surface area contributed by atoms with E-state index in [0.717, 1.165) is 16.8 Å². The van der Waals surface area contributed by atoms with E-state index in [-0.39, 0.29) is 0 Å². The van der Waals surface area contributed by atoms with Gasteiger partial charge in [-0.15, -0.1) is 0 Å². The van der Waals surface area contributed by atoms with Gasteiger partial charge in [-0.05, 0) is 61.4 Å². The maximum Gasteiger partial charge on any atom is 0.166 e. The molecule has 1 fully saturated rings. The molecule has 0 spiro atoms. The Balaban J connectivity index is 1.68. The van der Waals surface area contributed by atoms with Crippen LogP contribution in [0.15, 0.2) is 22.8 Å². The predicted octanol–water partition coefficient (Wildman–Crippen LogP) is 3.85. The van der Waals surface area contributed by atoms with Gasteiger partial charge in [-0.2, -0.15) is 0 Å². The normalized spacial score (nSPS) is 23.4. The van der Waals surface area contributed by atoms with Gasteiger partial charge < -0.3 is 15.1 Å². The van der Waals surface area contributed by atoms with Gasteiger partial charge in [0.15, 0.2) is 5.11 Å². The smallest absolute Gasteiger partial charge is 0.166 e. The van der Waals surface area contributed by atoms with Gasteiger partial charge in [0, 0.05) is 6.04 Å². The first-order valence-electron chi connectivity index (χ1n) is 7.52. The number of furan rings is 1. The fourth-order valence-electron chi connectivity index (χ4n) is 2.92. The van der Waals surface area contributed by atoms with E-state index >= 15 is 0 Å². The molecular formula is C16H26N2OS. The summed E-state index contributed by atoms with van der Waals surface area (Å²) in [6.45, 7) is 7.69. The lowest BCUT2D eigenvalue weighted by atomic mass is 9.71. The summed E-state index contributed by atoms with van der Waals surface area (Å²) >= 11 is 5.35. The zero-order chi connectivity index (χ0) is 14.6. The van der Waals surface area contributed by atoms with Gasteiger partial charge in [-0.25, -0.2) is 0 Å². The summed E-state index contributed by atoms with van der Waals surface area (Å²) in [5, 5.41) is 7.37. The molecule has 1 aromatic rings. The highest BCUT2D eigenvalue weighted by atomic mass is 32.1. The van der Waals surface area contributed by atoms with Crippen LogP contribution in [0.2, 0.25) is 0 Å². The van der Waals surface area contributed by atoms with Gasteiger partial charge in [0.1, 0.15) is 5.76 Å². The first-order chi connectivity index (χ1) is 9.45. The third-order valence-electron chi connectivity index (χ3n) is 4.29. The summed E-state index contributed by atoms with van der Waals surface area (Å²) in [5.41, 5.74) is 0.434. The van der Waals surface area contributed by atoms with Gasteiger partial charge in [0.25, 0.3) is 0 Å². The number of nitrogens with one attached hydrogen (secondary N) is 2. The zero-order valence-corrected chi connectivity index (χ0v) is 13.6. The van der Waals surface area contributed by atoms with Crippen molar-refractivity contribution in [1.29, 1.82) is 0 Å². The second-order valence-electron chi connectivity index (χ2n) is 6.82. The van der Waals surface area contributed by atoms with Crippen LogP contribution in [-0.4, -0.2) is 11.2 Å². The van der Waals surface area contributed by atoms with Crippen molar-refractivity contribution in [3.63, 3.8) is 0 Å². The van der Waals surface area contributed by atoms with Gasteiger partial charge in [0.2, 0.25) is 0 Å². The average molecular weight is 294 g/mol. The van der Waals surface area contributed by atoms with Crippen molar-refractivity contribution in [2.45, 2.75) is 59.0 Å². The van der Waals surface area contributed by atoms with Crippen LogP contribution < -0.4 is 10.6 Å². The van der Waals surface area contributed by atoms with E-state index in [2.05, 4.69) is 31.4 Å². The average Bonchev–Trinajstić information content (AvgIpc) is 2.89.